The summed E-state index contributed by atoms with van der Waals surface area (Å²) in [6.45, 7) is 6.02. The van der Waals surface area contributed by atoms with Crippen molar-refractivity contribution in [3.63, 3.8) is 0 Å². The third kappa shape index (κ3) is 2.69. The third-order valence-corrected chi connectivity index (χ3v) is 2.66. The largest absolute Gasteiger partial charge is 0.375 e. The number of carbonyl (C=O) groups excluding carboxylic acids is 1. The maximum absolute atomic E-state index is 11.7. The van der Waals surface area contributed by atoms with Crippen molar-refractivity contribution in [1.82, 2.24) is 4.90 Å². The maximum atomic E-state index is 11.7. The quantitative estimate of drug-likeness (QED) is 0.715. The molecule has 82 valence electrons. The summed E-state index contributed by atoms with van der Waals surface area (Å²) < 4.78 is 5.49. The SMILES string of the molecule is CCC1CN(C(=O)[C@H](N)CC)CCO1. The average molecular weight is 200 g/mol. The van der Waals surface area contributed by atoms with Crippen LogP contribution in [0.4, 0.5) is 0 Å². The molecule has 4 heteroatoms. The zero-order valence-electron chi connectivity index (χ0n) is 9.03. The van der Waals surface area contributed by atoms with E-state index in [-0.39, 0.29) is 18.1 Å². The van der Waals surface area contributed by atoms with Crippen LogP contribution < -0.4 is 5.73 Å². The molecule has 0 spiro atoms. The van der Waals surface area contributed by atoms with Crippen molar-refractivity contribution in [2.24, 2.45) is 5.73 Å². The molecule has 0 aromatic carbocycles. The molecule has 0 aromatic heterocycles. The van der Waals surface area contributed by atoms with Gasteiger partial charge in [-0.15, -0.1) is 0 Å². The first-order chi connectivity index (χ1) is 6.69. The lowest BCUT2D eigenvalue weighted by atomic mass is 10.1. The molecule has 1 heterocycles. The van der Waals surface area contributed by atoms with Gasteiger partial charge in [-0.05, 0) is 12.8 Å². The number of morpholine rings is 1. The Kier molecular flexibility index (Phi) is 4.35. The number of carbonyl (C=O) groups is 1. The molecule has 0 aromatic rings. The van der Waals surface area contributed by atoms with Crippen LogP contribution in [0, 0.1) is 0 Å². The summed E-state index contributed by atoms with van der Waals surface area (Å²) in [6.07, 6.45) is 1.84. The summed E-state index contributed by atoms with van der Waals surface area (Å²) in [5.41, 5.74) is 5.70. The van der Waals surface area contributed by atoms with Gasteiger partial charge in [-0.1, -0.05) is 13.8 Å². The lowest BCUT2D eigenvalue weighted by Gasteiger charge is -2.33. The summed E-state index contributed by atoms with van der Waals surface area (Å²) in [7, 11) is 0. The van der Waals surface area contributed by atoms with Gasteiger partial charge in [0.15, 0.2) is 0 Å². The Hall–Kier alpha value is -0.610. The Labute approximate surface area is 85.4 Å². The molecule has 1 aliphatic heterocycles. The van der Waals surface area contributed by atoms with Gasteiger partial charge in [0, 0.05) is 13.1 Å². The van der Waals surface area contributed by atoms with Gasteiger partial charge in [0.25, 0.3) is 0 Å². The molecule has 1 rings (SSSR count). The van der Waals surface area contributed by atoms with E-state index in [2.05, 4.69) is 6.92 Å². The second kappa shape index (κ2) is 5.32. The van der Waals surface area contributed by atoms with Crippen LogP contribution in [0.2, 0.25) is 0 Å². The van der Waals surface area contributed by atoms with Crippen molar-refractivity contribution in [2.45, 2.75) is 38.8 Å². The average Bonchev–Trinajstić information content (AvgIpc) is 2.27. The topological polar surface area (TPSA) is 55.6 Å². The molecule has 14 heavy (non-hydrogen) atoms. The van der Waals surface area contributed by atoms with Crippen LogP contribution in [0.5, 0.6) is 0 Å². The van der Waals surface area contributed by atoms with Crippen molar-refractivity contribution in [3.05, 3.63) is 0 Å². The summed E-state index contributed by atoms with van der Waals surface area (Å²) in [5, 5.41) is 0. The Morgan fingerprint density at radius 3 is 2.93 bits per heavy atom. The molecule has 1 saturated heterocycles. The number of rotatable bonds is 3. The number of nitrogens with two attached hydrogens (primary N) is 1. The fraction of sp³-hybridized carbons (Fsp3) is 0.900. The minimum Gasteiger partial charge on any atom is -0.375 e. The third-order valence-electron chi connectivity index (χ3n) is 2.66. The number of nitrogens with zero attached hydrogens (tertiary/aromatic N) is 1. The Morgan fingerprint density at radius 2 is 2.36 bits per heavy atom. The Balaban J connectivity index is 2.47. The fourth-order valence-electron chi connectivity index (χ4n) is 1.58. The zero-order valence-corrected chi connectivity index (χ0v) is 9.03. The lowest BCUT2D eigenvalue weighted by molar-refractivity contribution is -0.140. The molecule has 0 bridgehead atoms. The molecule has 1 fully saturated rings. The summed E-state index contributed by atoms with van der Waals surface area (Å²) in [4.78, 5) is 13.6. The molecular formula is C10H20N2O2. The summed E-state index contributed by atoms with van der Waals surface area (Å²) in [5.74, 6) is 0.0641. The minimum absolute atomic E-state index is 0.0641. The molecule has 0 radical (unpaired) electrons. The van der Waals surface area contributed by atoms with E-state index in [0.717, 1.165) is 6.42 Å². The van der Waals surface area contributed by atoms with Gasteiger partial charge < -0.3 is 15.4 Å². The van der Waals surface area contributed by atoms with Gasteiger partial charge in [0.1, 0.15) is 0 Å². The molecule has 2 atom stereocenters. The minimum atomic E-state index is -0.342. The van der Waals surface area contributed by atoms with Crippen molar-refractivity contribution >= 4 is 5.91 Å². The van der Waals surface area contributed by atoms with Gasteiger partial charge >= 0.3 is 0 Å². The molecule has 1 amide bonds. The molecule has 1 aliphatic rings. The first-order valence-electron chi connectivity index (χ1n) is 5.35. The fourth-order valence-corrected chi connectivity index (χ4v) is 1.58. The van der Waals surface area contributed by atoms with E-state index in [4.69, 9.17) is 10.5 Å². The van der Waals surface area contributed by atoms with Crippen LogP contribution in [0.3, 0.4) is 0 Å². The number of hydrogen-bond acceptors (Lipinski definition) is 3. The molecule has 0 aliphatic carbocycles. The number of ether oxygens (including phenoxy) is 1. The second-order valence-electron chi connectivity index (χ2n) is 3.70. The maximum Gasteiger partial charge on any atom is 0.239 e. The van der Waals surface area contributed by atoms with Gasteiger partial charge in [-0.3, -0.25) is 4.79 Å². The summed E-state index contributed by atoms with van der Waals surface area (Å²) >= 11 is 0. The first kappa shape index (κ1) is 11.5. The Morgan fingerprint density at radius 1 is 1.64 bits per heavy atom. The van der Waals surface area contributed by atoms with Crippen LogP contribution in [0.15, 0.2) is 0 Å². The zero-order chi connectivity index (χ0) is 10.6. The predicted molar refractivity (Wildman–Crippen MR) is 54.9 cm³/mol. The first-order valence-corrected chi connectivity index (χ1v) is 5.35. The van der Waals surface area contributed by atoms with Gasteiger partial charge in [-0.2, -0.15) is 0 Å². The highest BCUT2D eigenvalue weighted by Crippen LogP contribution is 2.09. The normalized spacial score (nSPS) is 24.8. The van der Waals surface area contributed by atoms with Crippen molar-refractivity contribution < 1.29 is 9.53 Å². The van der Waals surface area contributed by atoms with E-state index in [0.29, 0.717) is 26.1 Å². The molecular weight excluding hydrogens is 180 g/mol. The van der Waals surface area contributed by atoms with Gasteiger partial charge in [0.2, 0.25) is 5.91 Å². The van der Waals surface area contributed by atoms with E-state index in [1.807, 2.05) is 11.8 Å². The summed E-state index contributed by atoms with van der Waals surface area (Å²) in [6, 6.07) is -0.342. The molecule has 1 unspecified atom stereocenters. The van der Waals surface area contributed by atoms with E-state index >= 15 is 0 Å². The highest BCUT2D eigenvalue weighted by molar-refractivity contribution is 5.81. The van der Waals surface area contributed by atoms with Crippen LogP contribution in [-0.4, -0.2) is 42.6 Å². The molecule has 2 N–H and O–H groups in total. The molecule has 0 saturated carbocycles. The highest BCUT2D eigenvalue weighted by Gasteiger charge is 2.25. The van der Waals surface area contributed by atoms with Crippen LogP contribution in [0.25, 0.3) is 0 Å². The second-order valence-corrected chi connectivity index (χ2v) is 3.70. The predicted octanol–water partition coefficient (Wildman–Crippen LogP) is 0.361. The molecule has 4 nitrogen and oxygen atoms in total. The van der Waals surface area contributed by atoms with Gasteiger partial charge in [-0.25, -0.2) is 0 Å². The Bertz CT molecular complexity index is 197. The monoisotopic (exact) mass is 200 g/mol. The van der Waals surface area contributed by atoms with Crippen LogP contribution in [0.1, 0.15) is 26.7 Å². The van der Waals surface area contributed by atoms with Crippen molar-refractivity contribution in [3.8, 4) is 0 Å². The van der Waals surface area contributed by atoms with E-state index in [1.54, 1.807) is 0 Å². The van der Waals surface area contributed by atoms with E-state index in [9.17, 15) is 4.79 Å². The highest BCUT2D eigenvalue weighted by atomic mass is 16.5. The smallest absolute Gasteiger partial charge is 0.239 e. The number of amides is 1. The van der Waals surface area contributed by atoms with Crippen molar-refractivity contribution in [1.29, 1.82) is 0 Å². The van der Waals surface area contributed by atoms with Gasteiger partial charge in [0.05, 0.1) is 18.8 Å². The van der Waals surface area contributed by atoms with E-state index in [1.165, 1.54) is 0 Å². The van der Waals surface area contributed by atoms with Crippen LogP contribution in [-0.2, 0) is 9.53 Å². The van der Waals surface area contributed by atoms with Crippen LogP contribution >= 0.6 is 0 Å². The lowest BCUT2D eigenvalue weighted by Crippen LogP contribution is -2.51. The number of hydrogen-bond donors (Lipinski definition) is 1. The standard InChI is InChI=1S/C10H20N2O2/c1-3-8-7-12(5-6-14-8)10(13)9(11)4-2/h8-9H,3-7,11H2,1-2H3/t8?,9-/m1/s1. The van der Waals surface area contributed by atoms with Crippen molar-refractivity contribution in [2.75, 3.05) is 19.7 Å². The van der Waals surface area contributed by atoms with E-state index < -0.39 is 0 Å².